The van der Waals surface area contributed by atoms with Crippen molar-refractivity contribution in [3.05, 3.63) is 47.6 Å². The molecule has 2 heterocycles. The molecule has 104 valence electrons. The molecule has 1 aromatic carbocycles. The fourth-order valence-corrected chi connectivity index (χ4v) is 3.00. The predicted molar refractivity (Wildman–Crippen MR) is 85.0 cm³/mol. The zero-order valence-electron chi connectivity index (χ0n) is 11.7. The topological polar surface area (TPSA) is 32.6 Å². The molecular formula is C15H18N4S. The summed E-state index contributed by atoms with van der Waals surface area (Å²) in [6.07, 6.45) is 2.09. The van der Waals surface area contributed by atoms with E-state index in [2.05, 4.69) is 52.3 Å². The maximum Gasteiger partial charge on any atom is 0.195 e. The Kier molecular flexibility index (Phi) is 3.71. The van der Waals surface area contributed by atoms with Gasteiger partial charge in [-0.05, 0) is 18.7 Å². The van der Waals surface area contributed by atoms with E-state index in [0.29, 0.717) is 0 Å². The van der Waals surface area contributed by atoms with Crippen molar-refractivity contribution in [2.45, 2.75) is 13.5 Å². The largest absolute Gasteiger partial charge is 0.328 e. The first-order chi connectivity index (χ1) is 9.81. The van der Waals surface area contributed by atoms with E-state index in [1.807, 2.05) is 18.2 Å². The van der Waals surface area contributed by atoms with Crippen LogP contribution < -0.4 is 10.2 Å². The number of thiazole rings is 1. The number of rotatable bonds is 5. The zero-order chi connectivity index (χ0) is 13.9. The zero-order valence-corrected chi connectivity index (χ0v) is 12.5. The van der Waals surface area contributed by atoms with Gasteiger partial charge < -0.3 is 10.2 Å². The molecule has 0 radical (unpaired) electrons. The highest BCUT2D eigenvalue weighted by molar-refractivity contribution is 7.15. The molecule has 0 saturated heterocycles. The first-order valence-electron chi connectivity index (χ1n) is 6.75. The van der Waals surface area contributed by atoms with Crippen LogP contribution in [0, 0.1) is 0 Å². The van der Waals surface area contributed by atoms with E-state index in [4.69, 9.17) is 4.98 Å². The molecule has 0 unspecified atom stereocenters. The summed E-state index contributed by atoms with van der Waals surface area (Å²) in [4.78, 5) is 7.95. The van der Waals surface area contributed by atoms with Crippen LogP contribution in [-0.2, 0) is 6.54 Å². The maximum absolute atomic E-state index is 4.77. The fourth-order valence-electron chi connectivity index (χ4n) is 2.27. The van der Waals surface area contributed by atoms with E-state index in [-0.39, 0.29) is 0 Å². The molecule has 0 aliphatic heterocycles. The Hall–Kier alpha value is -1.85. The van der Waals surface area contributed by atoms with Crippen molar-refractivity contribution in [1.29, 1.82) is 0 Å². The van der Waals surface area contributed by atoms with Crippen molar-refractivity contribution < 1.29 is 0 Å². The molecule has 0 amide bonds. The molecule has 0 spiro atoms. The van der Waals surface area contributed by atoms with Gasteiger partial charge in [0.2, 0.25) is 0 Å². The van der Waals surface area contributed by atoms with Gasteiger partial charge in [-0.2, -0.15) is 0 Å². The van der Waals surface area contributed by atoms with Gasteiger partial charge in [0.05, 0.1) is 5.69 Å². The van der Waals surface area contributed by atoms with E-state index >= 15 is 0 Å². The van der Waals surface area contributed by atoms with Gasteiger partial charge in [0.1, 0.15) is 0 Å². The number of imidazole rings is 1. The Morgan fingerprint density at radius 1 is 1.30 bits per heavy atom. The molecule has 2 aromatic heterocycles. The molecule has 0 fully saturated rings. The highest BCUT2D eigenvalue weighted by Crippen LogP contribution is 2.28. The molecule has 3 aromatic rings. The van der Waals surface area contributed by atoms with Gasteiger partial charge >= 0.3 is 0 Å². The highest BCUT2D eigenvalue weighted by Gasteiger charge is 2.17. The molecule has 3 rings (SSSR count). The molecule has 1 N–H and O–H groups in total. The quantitative estimate of drug-likeness (QED) is 0.781. The van der Waals surface area contributed by atoms with Gasteiger partial charge in [0.15, 0.2) is 10.8 Å². The number of hydrogen-bond donors (Lipinski definition) is 1. The summed E-state index contributed by atoms with van der Waals surface area (Å²) in [6, 6.07) is 10.3. The Balaban J connectivity index is 2.03. The summed E-state index contributed by atoms with van der Waals surface area (Å²) in [5.74, 6) is 1.02. The van der Waals surface area contributed by atoms with Gasteiger partial charge in [0.25, 0.3) is 0 Å². The minimum absolute atomic E-state index is 0.820. The average Bonchev–Trinajstić information content (AvgIpc) is 3.06. The third kappa shape index (κ3) is 2.30. The van der Waals surface area contributed by atoms with Crippen LogP contribution in [0.3, 0.4) is 0 Å². The lowest BCUT2D eigenvalue weighted by atomic mass is 10.3. The minimum Gasteiger partial charge on any atom is -0.328 e. The first-order valence-corrected chi connectivity index (χ1v) is 7.63. The predicted octanol–water partition coefficient (Wildman–Crippen LogP) is 3.27. The highest BCUT2D eigenvalue weighted by atomic mass is 32.1. The third-order valence-electron chi connectivity index (χ3n) is 3.34. The van der Waals surface area contributed by atoms with Crippen LogP contribution in [0.5, 0.6) is 0 Å². The van der Waals surface area contributed by atoms with Crippen molar-refractivity contribution in [3.8, 4) is 0 Å². The lowest BCUT2D eigenvalue weighted by Crippen LogP contribution is -2.18. The summed E-state index contributed by atoms with van der Waals surface area (Å²) in [5, 5.41) is 5.47. The first kappa shape index (κ1) is 13.1. The van der Waals surface area contributed by atoms with Crippen LogP contribution in [0.2, 0.25) is 0 Å². The smallest absolute Gasteiger partial charge is 0.195 e. The fraction of sp³-hybridized carbons (Fsp3) is 0.267. The standard InChI is InChI=1S/C15H18N4S/c1-3-16-11-13-14(17-15-19(13)9-10-20-15)18(2)12-7-5-4-6-8-12/h4-10,16H,3,11H2,1-2H3. The molecule has 4 nitrogen and oxygen atoms in total. The van der Waals surface area contributed by atoms with Crippen molar-refractivity contribution >= 4 is 27.8 Å². The normalized spacial score (nSPS) is 11.1. The molecule has 20 heavy (non-hydrogen) atoms. The lowest BCUT2D eigenvalue weighted by molar-refractivity contribution is 0.706. The van der Waals surface area contributed by atoms with Crippen LogP contribution in [0.25, 0.3) is 4.96 Å². The third-order valence-corrected chi connectivity index (χ3v) is 4.10. The van der Waals surface area contributed by atoms with E-state index in [9.17, 15) is 0 Å². The van der Waals surface area contributed by atoms with Crippen LogP contribution >= 0.6 is 11.3 Å². The number of nitrogens with one attached hydrogen (secondary N) is 1. The number of para-hydroxylation sites is 1. The summed E-state index contributed by atoms with van der Waals surface area (Å²) < 4.78 is 2.17. The van der Waals surface area contributed by atoms with E-state index in [1.54, 1.807) is 11.3 Å². The van der Waals surface area contributed by atoms with Crippen molar-refractivity contribution in [2.75, 3.05) is 18.5 Å². The van der Waals surface area contributed by atoms with Gasteiger partial charge in [0, 0.05) is 30.9 Å². The second-order valence-corrected chi connectivity index (χ2v) is 5.49. The minimum atomic E-state index is 0.820. The SMILES string of the molecule is CCNCc1c(N(C)c2ccccc2)nc2sccn12. The van der Waals surface area contributed by atoms with Gasteiger partial charge in [-0.25, -0.2) is 4.98 Å². The van der Waals surface area contributed by atoms with Crippen molar-refractivity contribution in [3.63, 3.8) is 0 Å². The Labute approximate surface area is 122 Å². The number of anilines is 2. The molecule has 0 atom stereocenters. The second kappa shape index (κ2) is 5.64. The second-order valence-electron chi connectivity index (χ2n) is 4.61. The molecule has 5 heteroatoms. The van der Waals surface area contributed by atoms with Gasteiger partial charge in [-0.3, -0.25) is 4.40 Å². The average molecular weight is 286 g/mol. The number of hydrogen-bond acceptors (Lipinski definition) is 4. The van der Waals surface area contributed by atoms with Crippen LogP contribution in [0.15, 0.2) is 41.9 Å². The van der Waals surface area contributed by atoms with Gasteiger partial charge in [-0.15, -0.1) is 11.3 Å². The van der Waals surface area contributed by atoms with Crippen molar-refractivity contribution in [2.24, 2.45) is 0 Å². The molecule has 0 saturated carbocycles. The molecule has 0 bridgehead atoms. The van der Waals surface area contributed by atoms with Crippen LogP contribution in [0.4, 0.5) is 11.5 Å². The molecular weight excluding hydrogens is 268 g/mol. The maximum atomic E-state index is 4.77. The summed E-state index contributed by atoms with van der Waals surface area (Å²) in [7, 11) is 2.07. The van der Waals surface area contributed by atoms with E-state index in [1.165, 1.54) is 5.69 Å². The number of nitrogens with zero attached hydrogens (tertiary/aromatic N) is 3. The number of aromatic nitrogens is 2. The lowest BCUT2D eigenvalue weighted by Gasteiger charge is -2.18. The van der Waals surface area contributed by atoms with Crippen LogP contribution in [-0.4, -0.2) is 23.0 Å². The van der Waals surface area contributed by atoms with Crippen LogP contribution in [0.1, 0.15) is 12.6 Å². The van der Waals surface area contributed by atoms with Gasteiger partial charge in [-0.1, -0.05) is 25.1 Å². The Morgan fingerprint density at radius 3 is 2.85 bits per heavy atom. The van der Waals surface area contributed by atoms with E-state index < -0.39 is 0 Å². The number of fused-ring (bicyclic) bond motifs is 1. The molecule has 0 aliphatic rings. The molecule has 0 aliphatic carbocycles. The summed E-state index contributed by atoms with van der Waals surface area (Å²) >= 11 is 1.67. The summed E-state index contributed by atoms with van der Waals surface area (Å²) in [6.45, 7) is 3.89. The summed E-state index contributed by atoms with van der Waals surface area (Å²) in [5.41, 5.74) is 2.35. The monoisotopic (exact) mass is 286 g/mol. The number of benzene rings is 1. The van der Waals surface area contributed by atoms with Crippen molar-refractivity contribution in [1.82, 2.24) is 14.7 Å². The Morgan fingerprint density at radius 2 is 2.10 bits per heavy atom. The van der Waals surface area contributed by atoms with E-state index in [0.717, 1.165) is 29.6 Å². The Bertz CT molecular complexity index is 686.